The second-order valence-electron chi connectivity index (χ2n) is 5.64. The average Bonchev–Trinajstić information content (AvgIpc) is 2.89. The number of aliphatic carboxylic acids is 1. The van der Waals surface area contributed by atoms with Crippen LogP contribution in [0.3, 0.4) is 0 Å². The Morgan fingerprint density at radius 1 is 1.35 bits per heavy atom. The summed E-state index contributed by atoms with van der Waals surface area (Å²) >= 11 is 6.26. The summed E-state index contributed by atoms with van der Waals surface area (Å²) in [6.07, 6.45) is 3.38. The third-order valence-electron chi connectivity index (χ3n) is 3.87. The lowest BCUT2D eigenvalue weighted by atomic mass is 10.1. The average molecular weight is 392 g/mol. The first-order chi connectivity index (χ1) is 12.4. The number of carboxylic acid groups (broad SMARTS) is 1. The third kappa shape index (κ3) is 4.50. The third-order valence-corrected chi connectivity index (χ3v) is 5.20. The number of carbonyl (C=O) groups is 3. The minimum absolute atomic E-state index is 0.206. The van der Waals surface area contributed by atoms with Gasteiger partial charge in [0.1, 0.15) is 4.32 Å². The number of thioether (sulfide) groups is 1. The van der Waals surface area contributed by atoms with Crippen molar-refractivity contribution in [2.75, 3.05) is 7.11 Å². The molecule has 0 N–H and O–H groups in total. The standard InChI is InChI=1S/C18H19NO5S2/c1-3-4-5-13(16(21)22)19-15(20)14(26-18(19)25)10-11-6-8-12(9-7-11)17(23)24-2/h6-10,13H,3-5H2,1-2H3,(H,21,22)/p-1/b14-10-/t13-/m1/s1. The summed E-state index contributed by atoms with van der Waals surface area (Å²) in [5.41, 5.74) is 1.09. The molecule has 1 fully saturated rings. The molecule has 1 amide bonds. The largest absolute Gasteiger partial charge is 0.548 e. The molecular weight excluding hydrogens is 374 g/mol. The quantitative estimate of drug-likeness (QED) is 0.398. The molecule has 1 saturated heterocycles. The number of esters is 1. The van der Waals surface area contributed by atoms with E-state index in [2.05, 4.69) is 4.74 Å². The summed E-state index contributed by atoms with van der Waals surface area (Å²) in [5, 5.41) is 11.4. The van der Waals surface area contributed by atoms with Gasteiger partial charge in [-0.25, -0.2) is 4.79 Å². The zero-order chi connectivity index (χ0) is 19.3. The molecule has 1 atom stereocenters. The molecule has 0 spiro atoms. The van der Waals surface area contributed by atoms with E-state index in [0.717, 1.165) is 23.1 Å². The molecule has 0 bridgehead atoms. The molecule has 1 aliphatic rings. The zero-order valence-electron chi connectivity index (χ0n) is 14.4. The van der Waals surface area contributed by atoms with Gasteiger partial charge in [-0.2, -0.15) is 0 Å². The van der Waals surface area contributed by atoms with Crippen molar-refractivity contribution in [3.63, 3.8) is 0 Å². The summed E-state index contributed by atoms with van der Waals surface area (Å²) in [6, 6.07) is 5.46. The van der Waals surface area contributed by atoms with Crippen molar-refractivity contribution >= 4 is 52.2 Å². The van der Waals surface area contributed by atoms with E-state index in [1.807, 2.05) is 6.92 Å². The molecule has 1 aromatic carbocycles. The van der Waals surface area contributed by atoms with Gasteiger partial charge in [-0.3, -0.25) is 9.69 Å². The highest BCUT2D eigenvalue weighted by atomic mass is 32.2. The van der Waals surface area contributed by atoms with Gasteiger partial charge >= 0.3 is 5.97 Å². The number of methoxy groups -OCH3 is 1. The van der Waals surface area contributed by atoms with Crippen molar-refractivity contribution in [2.24, 2.45) is 0 Å². The first-order valence-electron chi connectivity index (χ1n) is 8.05. The number of ether oxygens (including phenoxy) is 1. The van der Waals surface area contributed by atoms with Crippen LogP contribution in [0.15, 0.2) is 29.2 Å². The molecule has 0 aromatic heterocycles. The van der Waals surface area contributed by atoms with Crippen LogP contribution in [0.5, 0.6) is 0 Å². The van der Waals surface area contributed by atoms with E-state index < -0.39 is 23.9 Å². The predicted molar refractivity (Wildman–Crippen MR) is 101 cm³/mol. The van der Waals surface area contributed by atoms with Crippen molar-refractivity contribution < 1.29 is 24.2 Å². The Labute approximate surface area is 161 Å². The number of nitrogens with zero attached hydrogens (tertiary/aromatic N) is 1. The van der Waals surface area contributed by atoms with Crippen LogP contribution in [-0.2, 0) is 14.3 Å². The SMILES string of the molecule is CCCC[C@H](C(=O)[O-])N1C(=O)/C(=C/c2ccc(C(=O)OC)cc2)SC1=S. The molecule has 0 saturated carbocycles. The van der Waals surface area contributed by atoms with E-state index in [-0.39, 0.29) is 4.32 Å². The van der Waals surface area contributed by atoms with Gasteiger partial charge in [-0.05, 0) is 30.2 Å². The summed E-state index contributed by atoms with van der Waals surface area (Å²) in [6.45, 7) is 1.94. The van der Waals surface area contributed by atoms with Crippen LogP contribution in [0.1, 0.15) is 42.1 Å². The summed E-state index contributed by atoms with van der Waals surface area (Å²) in [4.78, 5) is 37.0. The van der Waals surface area contributed by atoms with E-state index >= 15 is 0 Å². The maximum Gasteiger partial charge on any atom is 0.337 e. The van der Waals surface area contributed by atoms with Gasteiger partial charge in [0.2, 0.25) is 0 Å². The summed E-state index contributed by atoms with van der Waals surface area (Å²) in [7, 11) is 1.30. The topological polar surface area (TPSA) is 86.7 Å². The lowest BCUT2D eigenvalue weighted by Crippen LogP contribution is -2.49. The van der Waals surface area contributed by atoms with Gasteiger partial charge in [0, 0.05) is 0 Å². The fourth-order valence-electron chi connectivity index (χ4n) is 2.48. The fourth-order valence-corrected chi connectivity index (χ4v) is 3.84. The highest BCUT2D eigenvalue weighted by molar-refractivity contribution is 8.26. The highest BCUT2D eigenvalue weighted by Gasteiger charge is 2.37. The van der Waals surface area contributed by atoms with Gasteiger partial charge in [0.05, 0.1) is 29.6 Å². The monoisotopic (exact) mass is 392 g/mol. The van der Waals surface area contributed by atoms with Crippen LogP contribution in [0, 0.1) is 0 Å². The van der Waals surface area contributed by atoms with E-state index in [1.165, 1.54) is 7.11 Å². The van der Waals surface area contributed by atoms with Crippen molar-refractivity contribution in [1.82, 2.24) is 4.90 Å². The van der Waals surface area contributed by atoms with Gasteiger partial charge in [0.15, 0.2) is 0 Å². The van der Waals surface area contributed by atoms with Crippen molar-refractivity contribution in [3.8, 4) is 0 Å². The van der Waals surface area contributed by atoms with Crippen molar-refractivity contribution in [2.45, 2.75) is 32.2 Å². The Morgan fingerprint density at radius 2 is 2.00 bits per heavy atom. The lowest BCUT2D eigenvalue weighted by molar-refractivity contribution is -0.310. The van der Waals surface area contributed by atoms with E-state index in [0.29, 0.717) is 28.9 Å². The Morgan fingerprint density at radius 3 is 2.54 bits per heavy atom. The van der Waals surface area contributed by atoms with Crippen LogP contribution < -0.4 is 5.11 Å². The summed E-state index contributed by atoms with van der Waals surface area (Å²) in [5.74, 6) is -2.20. The molecule has 1 heterocycles. The van der Waals surface area contributed by atoms with Gasteiger partial charge in [0.25, 0.3) is 5.91 Å². The second kappa shape index (κ2) is 8.95. The highest BCUT2D eigenvalue weighted by Crippen LogP contribution is 2.34. The first kappa shape index (κ1) is 20.1. The molecule has 1 aromatic rings. The number of carboxylic acids is 1. The smallest absolute Gasteiger partial charge is 0.337 e. The minimum atomic E-state index is -1.31. The lowest BCUT2D eigenvalue weighted by Gasteiger charge is -2.27. The number of hydrogen-bond donors (Lipinski definition) is 0. The Kier molecular flexibility index (Phi) is 6.93. The molecule has 0 unspecified atom stereocenters. The number of carbonyl (C=O) groups excluding carboxylic acids is 3. The maximum absolute atomic E-state index is 12.6. The molecule has 0 radical (unpaired) electrons. The van der Waals surface area contributed by atoms with Crippen LogP contribution in [-0.4, -0.2) is 40.2 Å². The molecule has 26 heavy (non-hydrogen) atoms. The Balaban J connectivity index is 2.22. The zero-order valence-corrected chi connectivity index (χ0v) is 16.0. The van der Waals surface area contributed by atoms with E-state index in [1.54, 1.807) is 30.3 Å². The molecule has 0 aliphatic carbocycles. The number of thiocarbonyl (C=S) groups is 1. The Bertz CT molecular complexity index is 757. The summed E-state index contributed by atoms with van der Waals surface area (Å²) < 4.78 is 4.84. The van der Waals surface area contributed by atoms with E-state index in [4.69, 9.17) is 12.2 Å². The van der Waals surface area contributed by atoms with Crippen LogP contribution in [0.4, 0.5) is 0 Å². The van der Waals surface area contributed by atoms with Gasteiger partial charge in [-0.1, -0.05) is 55.9 Å². The molecular formula is C18H18NO5S2-. The number of hydrogen-bond acceptors (Lipinski definition) is 7. The second-order valence-corrected chi connectivity index (χ2v) is 7.32. The normalized spacial score (nSPS) is 16.8. The predicted octanol–water partition coefficient (Wildman–Crippen LogP) is 1.98. The van der Waals surface area contributed by atoms with Crippen molar-refractivity contribution in [3.05, 3.63) is 40.3 Å². The van der Waals surface area contributed by atoms with Crippen LogP contribution >= 0.6 is 24.0 Å². The minimum Gasteiger partial charge on any atom is -0.548 e. The van der Waals surface area contributed by atoms with Crippen LogP contribution in [0.25, 0.3) is 6.08 Å². The molecule has 6 nitrogen and oxygen atoms in total. The molecule has 1 aliphatic heterocycles. The van der Waals surface area contributed by atoms with E-state index in [9.17, 15) is 19.5 Å². The first-order valence-corrected chi connectivity index (χ1v) is 9.27. The number of unbranched alkanes of at least 4 members (excludes halogenated alkanes) is 1. The molecule has 138 valence electrons. The number of amides is 1. The van der Waals surface area contributed by atoms with Crippen molar-refractivity contribution in [1.29, 1.82) is 0 Å². The van der Waals surface area contributed by atoms with Crippen LogP contribution in [0.2, 0.25) is 0 Å². The molecule has 2 rings (SSSR count). The Hall–Kier alpha value is -2.19. The maximum atomic E-state index is 12.6. The number of benzene rings is 1. The fraction of sp³-hybridized carbons (Fsp3) is 0.333. The molecule has 8 heteroatoms. The number of rotatable bonds is 7. The van der Waals surface area contributed by atoms with Gasteiger partial charge < -0.3 is 14.6 Å². The van der Waals surface area contributed by atoms with Gasteiger partial charge in [-0.15, -0.1) is 0 Å².